The Balaban J connectivity index is 1.64. The van der Waals surface area contributed by atoms with Crippen LogP contribution in [0.1, 0.15) is 17.4 Å². The van der Waals surface area contributed by atoms with Crippen molar-refractivity contribution in [2.75, 3.05) is 17.2 Å². The van der Waals surface area contributed by atoms with Gasteiger partial charge in [-0.25, -0.2) is 0 Å². The molecular weight excluding hydrogens is 352 g/mol. The molecule has 0 aliphatic heterocycles. The van der Waals surface area contributed by atoms with E-state index < -0.39 is 0 Å². The molecule has 2 N–H and O–H groups in total. The van der Waals surface area contributed by atoms with Crippen LogP contribution in [-0.4, -0.2) is 22.7 Å². The zero-order chi connectivity index (χ0) is 18.4. The maximum absolute atomic E-state index is 12.3. The maximum atomic E-state index is 12.3. The van der Waals surface area contributed by atoms with Gasteiger partial charge in [0, 0.05) is 5.69 Å². The van der Waals surface area contributed by atoms with Gasteiger partial charge in [0.1, 0.15) is 5.75 Å². The zero-order valence-corrected chi connectivity index (χ0v) is 14.8. The van der Waals surface area contributed by atoms with Gasteiger partial charge in [0.15, 0.2) is 11.5 Å². The third-order valence-corrected chi connectivity index (χ3v) is 3.79. The minimum absolute atomic E-state index is 0.212. The first kappa shape index (κ1) is 17.7. The van der Waals surface area contributed by atoms with Crippen molar-refractivity contribution < 1.29 is 9.53 Å². The molecule has 0 aliphatic rings. The summed E-state index contributed by atoms with van der Waals surface area (Å²) in [4.78, 5) is 12.3. The Morgan fingerprint density at radius 3 is 2.46 bits per heavy atom. The number of rotatable bonds is 6. The van der Waals surface area contributed by atoms with E-state index in [2.05, 4.69) is 20.8 Å². The van der Waals surface area contributed by atoms with Gasteiger partial charge in [-0.05, 0) is 55.5 Å². The Kier molecular flexibility index (Phi) is 5.66. The number of anilines is 3. The third-order valence-electron chi connectivity index (χ3n) is 3.46. The van der Waals surface area contributed by atoms with E-state index in [1.54, 1.807) is 42.5 Å². The lowest BCUT2D eigenvalue weighted by atomic mass is 10.3. The van der Waals surface area contributed by atoms with Crippen LogP contribution in [0.5, 0.6) is 5.75 Å². The second kappa shape index (κ2) is 8.31. The molecule has 0 atom stereocenters. The SMILES string of the molecule is CCOc1ccc(NC(=O)c2ccc(Nc3ccccc3Cl)nn2)cc1. The van der Waals surface area contributed by atoms with Gasteiger partial charge < -0.3 is 15.4 Å². The number of benzene rings is 2. The van der Waals surface area contributed by atoms with Crippen molar-refractivity contribution in [3.05, 3.63) is 71.4 Å². The van der Waals surface area contributed by atoms with Crippen LogP contribution in [0.3, 0.4) is 0 Å². The van der Waals surface area contributed by atoms with E-state index in [9.17, 15) is 4.79 Å². The topological polar surface area (TPSA) is 76.1 Å². The van der Waals surface area contributed by atoms with Gasteiger partial charge in [-0.2, -0.15) is 0 Å². The summed E-state index contributed by atoms with van der Waals surface area (Å²) in [6, 6.07) is 17.7. The molecule has 0 fully saturated rings. The predicted octanol–water partition coefficient (Wildman–Crippen LogP) is 4.52. The highest BCUT2D eigenvalue weighted by Crippen LogP contribution is 2.23. The number of halogens is 1. The average Bonchev–Trinajstić information content (AvgIpc) is 2.66. The van der Waals surface area contributed by atoms with E-state index in [1.807, 2.05) is 25.1 Å². The fourth-order valence-electron chi connectivity index (χ4n) is 2.22. The number of hydrogen-bond acceptors (Lipinski definition) is 5. The normalized spacial score (nSPS) is 10.2. The second-order valence-electron chi connectivity index (χ2n) is 5.32. The number of ether oxygens (including phenoxy) is 1. The van der Waals surface area contributed by atoms with Crippen molar-refractivity contribution in [3.63, 3.8) is 0 Å². The molecule has 0 radical (unpaired) electrons. The van der Waals surface area contributed by atoms with Gasteiger partial charge in [0.2, 0.25) is 0 Å². The summed E-state index contributed by atoms with van der Waals surface area (Å²) in [5.41, 5.74) is 1.58. The van der Waals surface area contributed by atoms with Crippen molar-refractivity contribution in [1.82, 2.24) is 10.2 Å². The van der Waals surface area contributed by atoms with E-state index in [1.165, 1.54) is 0 Å². The fourth-order valence-corrected chi connectivity index (χ4v) is 2.40. The first-order valence-electron chi connectivity index (χ1n) is 8.05. The number of nitrogens with zero attached hydrogens (tertiary/aromatic N) is 2. The van der Waals surface area contributed by atoms with Crippen LogP contribution >= 0.6 is 11.6 Å². The lowest BCUT2D eigenvalue weighted by molar-refractivity contribution is 0.102. The molecular formula is C19H17ClN4O2. The van der Waals surface area contributed by atoms with Crippen molar-refractivity contribution in [2.24, 2.45) is 0 Å². The summed E-state index contributed by atoms with van der Waals surface area (Å²) in [5.74, 6) is 0.905. The summed E-state index contributed by atoms with van der Waals surface area (Å²) < 4.78 is 5.37. The highest BCUT2D eigenvalue weighted by Gasteiger charge is 2.09. The predicted molar refractivity (Wildman–Crippen MR) is 102 cm³/mol. The van der Waals surface area contributed by atoms with E-state index >= 15 is 0 Å². The van der Waals surface area contributed by atoms with Gasteiger partial charge >= 0.3 is 0 Å². The van der Waals surface area contributed by atoms with Gasteiger partial charge in [0.25, 0.3) is 5.91 Å². The minimum atomic E-state index is -0.342. The van der Waals surface area contributed by atoms with Gasteiger partial charge in [-0.1, -0.05) is 23.7 Å². The van der Waals surface area contributed by atoms with E-state index in [4.69, 9.17) is 16.3 Å². The van der Waals surface area contributed by atoms with Crippen LogP contribution in [0, 0.1) is 0 Å². The highest BCUT2D eigenvalue weighted by molar-refractivity contribution is 6.33. The fraction of sp³-hybridized carbons (Fsp3) is 0.105. The number of carbonyl (C=O) groups is 1. The van der Waals surface area contributed by atoms with Crippen LogP contribution in [0.15, 0.2) is 60.7 Å². The lowest BCUT2D eigenvalue weighted by Gasteiger charge is -2.08. The zero-order valence-electron chi connectivity index (χ0n) is 14.1. The monoisotopic (exact) mass is 368 g/mol. The molecule has 0 saturated heterocycles. The standard InChI is InChI=1S/C19H17ClN4O2/c1-2-26-14-9-7-13(8-10-14)21-19(25)17-11-12-18(24-23-17)22-16-6-4-3-5-15(16)20/h3-12H,2H2,1H3,(H,21,25)(H,22,24). The largest absolute Gasteiger partial charge is 0.494 e. The third kappa shape index (κ3) is 4.49. The minimum Gasteiger partial charge on any atom is -0.494 e. The smallest absolute Gasteiger partial charge is 0.276 e. The average molecular weight is 369 g/mol. The van der Waals surface area contributed by atoms with Crippen LogP contribution in [0.25, 0.3) is 0 Å². The quantitative estimate of drug-likeness (QED) is 0.668. The molecule has 132 valence electrons. The first-order valence-corrected chi connectivity index (χ1v) is 8.43. The Morgan fingerprint density at radius 2 is 1.81 bits per heavy atom. The number of aromatic nitrogens is 2. The second-order valence-corrected chi connectivity index (χ2v) is 5.73. The Morgan fingerprint density at radius 1 is 1.04 bits per heavy atom. The van der Waals surface area contributed by atoms with E-state index in [0.717, 1.165) is 11.4 Å². The van der Waals surface area contributed by atoms with Crippen molar-refractivity contribution in [3.8, 4) is 5.75 Å². The van der Waals surface area contributed by atoms with Crippen LogP contribution in [0.4, 0.5) is 17.2 Å². The molecule has 3 aromatic rings. The van der Waals surface area contributed by atoms with Gasteiger partial charge in [0.05, 0.1) is 17.3 Å². The van der Waals surface area contributed by atoms with E-state index in [-0.39, 0.29) is 11.6 Å². The molecule has 6 nitrogen and oxygen atoms in total. The molecule has 0 bridgehead atoms. The number of amides is 1. The van der Waals surface area contributed by atoms with Crippen LogP contribution in [0.2, 0.25) is 5.02 Å². The number of carbonyl (C=O) groups excluding carboxylic acids is 1. The summed E-state index contributed by atoms with van der Waals surface area (Å²) in [6.45, 7) is 2.51. The summed E-state index contributed by atoms with van der Waals surface area (Å²) in [7, 11) is 0. The molecule has 1 amide bonds. The molecule has 1 aromatic heterocycles. The molecule has 0 aliphatic carbocycles. The number of nitrogens with one attached hydrogen (secondary N) is 2. The first-order chi connectivity index (χ1) is 12.7. The lowest BCUT2D eigenvalue weighted by Crippen LogP contribution is -2.14. The molecule has 1 heterocycles. The van der Waals surface area contributed by atoms with Crippen LogP contribution < -0.4 is 15.4 Å². The number of hydrogen-bond donors (Lipinski definition) is 2. The summed E-state index contributed by atoms with van der Waals surface area (Å²) in [6.07, 6.45) is 0. The van der Waals surface area contributed by atoms with Crippen molar-refractivity contribution in [2.45, 2.75) is 6.92 Å². The summed E-state index contributed by atoms with van der Waals surface area (Å²) >= 11 is 6.09. The Labute approximate surface area is 156 Å². The number of para-hydroxylation sites is 1. The van der Waals surface area contributed by atoms with Gasteiger partial charge in [-0.15, -0.1) is 10.2 Å². The van der Waals surface area contributed by atoms with Gasteiger partial charge in [-0.3, -0.25) is 4.79 Å². The molecule has 26 heavy (non-hydrogen) atoms. The van der Waals surface area contributed by atoms with Crippen molar-refractivity contribution in [1.29, 1.82) is 0 Å². The molecule has 3 rings (SSSR count). The highest BCUT2D eigenvalue weighted by atomic mass is 35.5. The Bertz CT molecular complexity index is 883. The van der Waals surface area contributed by atoms with Crippen LogP contribution in [-0.2, 0) is 0 Å². The molecule has 0 unspecified atom stereocenters. The molecule has 2 aromatic carbocycles. The van der Waals surface area contributed by atoms with E-state index in [0.29, 0.717) is 23.1 Å². The Hall–Kier alpha value is -3.12. The maximum Gasteiger partial charge on any atom is 0.276 e. The van der Waals surface area contributed by atoms with Crippen molar-refractivity contribution >= 4 is 34.7 Å². The summed E-state index contributed by atoms with van der Waals surface area (Å²) in [5, 5.41) is 14.4. The molecule has 7 heteroatoms. The molecule has 0 spiro atoms. The molecule has 0 saturated carbocycles.